The number of fused-ring (bicyclic) bond motifs is 3. The van der Waals surface area contributed by atoms with Crippen molar-refractivity contribution in [3.05, 3.63) is 51.7 Å². The van der Waals surface area contributed by atoms with Crippen LogP contribution in [0.1, 0.15) is 85.2 Å². The quantitative estimate of drug-likeness (QED) is 0.453. The highest BCUT2D eigenvalue weighted by atomic mass is 16.1. The Labute approximate surface area is 172 Å². The van der Waals surface area contributed by atoms with Gasteiger partial charge in [-0.3, -0.25) is 4.98 Å². The van der Waals surface area contributed by atoms with Crippen molar-refractivity contribution >= 4 is 16.6 Å². The minimum absolute atomic E-state index is 0.0160. The molecule has 1 aliphatic carbocycles. The van der Waals surface area contributed by atoms with E-state index in [-0.39, 0.29) is 27.3 Å². The molecule has 5 rings (SSSR count). The summed E-state index contributed by atoms with van der Waals surface area (Å²) in [5.74, 6) is 0. The Morgan fingerprint density at radius 2 is 1.83 bits per heavy atom. The Morgan fingerprint density at radius 3 is 2.41 bits per heavy atom. The summed E-state index contributed by atoms with van der Waals surface area (Å²) in [5.41, 5.74) is 5.42. The Bertz CT molecular complexity index is 1270. The van der Waals surface area contributed by atoms with Crippen LogP contribution in [-0.4, -0.2) is 9.55 Å². The molecule has 2 unspecified atom stereocenters. The molecule has 1 fully saturated rings. The van der Waals surface area contributed by atoms with Crippen LogP contribution in [0, 0.1) is 0 Å². The van der Waals surface area contributed by atoms with Gasteiger partial charge in [-0.15, -0.1) is 0 Å². The van der Waals surface area contributed by atoms with Crippen molar-refractivity contribution in [2.24, 2.45) is 0 Å². The Kier molecular flexibility index (Phi) is 3.29. The molecule has 2 aliphatic rings. The first-order valence-corrected chi connectivity index (χ1v) is 10.8. The number of hydrogen-bond acceptors (Lipinski definition) is 2. The van der Waals surface area contributed by atoms with Gasteiger partial charge in [0.25, 0.3) is 5.65 Å². The number of pyridine rings is 2. The van der Waals surface area contributed by atoms with E-state index >= 15 is 0 Å². The maximum absolute atomic E-state index is 13.5. The molecule has 4 heteroatoms. The second kappa shape index (κ2) is 5.08. The molecule has 0 aromatic carbocycles. The van der Waals surface area contributed by atoms with Gasteiger partial charge >= 0.3 is 5.56 Å². The van der Waals surface area contributed by atoms with Gasteiger partial charge < -0.3 is 0 Å². The SMILES string of the molecule is CCC12CC1(C)c1cc(C(C)(C)C)nc3cc[n+]4c(C(C)(C)C)cc(=O)n2c4c13. The average molecular weight is 391 g/mol. The van der Waals surface area contributed by atoms with Gasteiger partial charge in [0, 0.05) is 34.4 Å². The number of aromatic nitrogens is 3. The van der Waals surface area contributed by atoms with Gasteiger partial charge in [0.05, 0.1) is 23.2 Å². The lowest BCUT2D eigenvalue weighted by Gasteiger charge is -2.30. The lowest BCUT2D eigenvalue weighted by molar-refractivity contribution is -0.530. The number of hydrogen-bond donors (Lipinski definition) is 0. The van der Waals surface area contributed by atoms with E-state index in [9.17, 15) is 4.79 Å². The van der Waals surface area contributed by atoms with Gasteiger partial charge in [-0.25, -0.2) is 9.20 Å². The molecular weight excluding hydrogens is 358 g/mol. The van der Waals surface area contributed by atoms with Crippen LogP contribution in [0.5, 0.6) is 0 Å². The first kappa shape index (κ1) is 18.8. The monoisotopic (exact) mass is 390 g/mol. The molecule has 0 N–H and O–H groups in total. The van der Waals surface area contributed by atoms with Crippen LogP contribution in [-0.2, 0) is 21.8 Å². The highest BCUT2D eigenvalue weighted by molar-refractivity contribution is 5.96. The zero-order valence-electron chi connectivity index (χ0n) is 19.0. The lowest BCUT2D eigenvalue weighted by Crippen LogP contribution is -2.48. The van der Waals surface area contributed by atoms with E-state index in [1.54, 1.807) is 0 Å². The van der Waals surface area contributed by atoms with Crippen molar-refractivity contribution in [3.63, 3.8) is 0 Å². The van der Waals surface area contributed by atoms with Crippen LogP contribution in [0.3, 0.4) is 0 Å². The summed E-state index contributed by atoms with van der Waals surface area (Å²) in [6, 6.07) is 6.32. The first-order chi connectivity index (χ1) is 13.3. The molecule has 0 amide bonds. The molecule has 29 heavy (non-hydrogen) atoms. The number of rotatable bonds is 1. The van der Waals surface area contributed by atoms with Gasteiger partial charge in [0.1, 0.15) is 11.2 Å². The third-order valence-electron chi connectivity index (χ3n) is 7.52. The Morgan fingerprint density at radius 1 is 1.14 bits per heavy atom. The summed E-state index contributed by atoms with van der Waals surface area (Å²) in [5, 5.41) is 1.16. The van der Waals surface area contributed by atoms with Crippen LogP contribution in [0.2, 0.25) is 0 Å². The summed E-state index contributed by atoms with van der Waals surface area (Å²) in [7, 11) is 0. The fourth-order valence-electron chi connectivity index (χ4n) is 5.72. The molecule has 0 bridgehead atoms. The standard InChI is InChI=1S/C25H32N3O/c1-9-25-14-24(25,8)15-12-17(22(2,3)4)26-16-10-11-27-18(23(5,6)7)13-19(29)28(25)21(27)20(15)16/h10-13H,9,14H2,1-8H3/q+1. The minimum atomic E-state index is -0.135. The largest absolute Gasteiger partial charge is 0.338 e. The van der Waals surface area contributed by atoms with E-state index in [2.05, 4.69) is 82.7 Å². The molecule has 0 radical (unpaired) electrons. The molecule has 3 aromatic rings. The first-order valence-electron chi connectivity index (χ1n) is 10.8. The molecule has 1 saturated carbocycles. The molecule has 1 aliphatic heterocycles. The van der Waals surface area contributed by atoms with E-state index in [1.807, 2.05) is 6.07 Å². The predicted octanol–water partition coefficient (Wildman–Crippen LogP) is 4.51. The van der Waals surface area contributed by atoms with E-state index in [1.165, 1.54) is 5.56 Å². The van der Waals surface area contributed by atoms with Crippen molar-refractivity contribution in [2.75, 3.05) is 0 Å². The highest BCUT2D eigenvalue weighted by Gasteiger charge is 2.72. The molecule has 4 heterocycles. The molecular formula is C25H32N3O+. The summed E-state index contributed by atoms with van der Waals surface area (Å²) < 4.78 is 4.36. The minimum Gasteiger partial charge on any atom is -0.252 e. The fourth-order valence-corrected chi connectivity index (χ4v) is 5.72. The van der Waals surface area contributed by atoms with Crippen molar-refractivity contribution in [1.29, 1.82) is 0 Å². The molecule has 0 spiro atoms. The maximum atomic E-state index is 13.5. The van der Waals surface area contributed by atoms with Gasteiger partial charge in [-0.05, 0) is 18.1 Å². The molecule has 0 saturated heterocycles. The van der Waals surface area contributed by atoms with E-state index in [0.717, 1.165) is 40.8 Å². The van der Waals surface area contributed by atoms with Crippen molar-refractivity contribution < 1.29 is 4.40 Å². The topological polar surface area (TPSA) is 39.0 Å². The molecule has 4 nitrogen and oxygen atoms in total. The maximum Gasteiger partial charge on any atom is 0.338 e. The van der Waals surface area contributed by atoms with E-state index in [0.29, 0.717) is 0 Å². The van der Waals surface area contributed by atoms with Crippen LogP contribution in [0.15, 0.2) is 29.2 Å². The molecule has 152 valence electrons. The summed E-state index contributed by atoms with van der Waals surface area (Å²) in [6.45, 7) is 17.8. The normalized spacial score (nSPS) is 25.7. The highest BCUT2D eigenvalue weighted by Crippen LogP contribution is 2.67. The van der Waals surface area contributed by atoms with Crippen LogP contribution < -0.4 is 9.96 Å². The zero-order valence-corrected chi connectivity index (χ0v) is 19.0. The Balaban J connectivity index is 2.06. The summed E-state index contributed by atoms with van der Waals surface area (Å²) in [6.07, 6.45) is 4.08. The van der Waals surface area contributed by atoms with Gasteiger partial charge in [0.2, 0.25) is 0 Å². The Hall–Kier alpha value is -2.23. The summed E-state index contributed by atoms with van der Waals surface area (Å²) >= 11 is 0. The fraction of sp³-hybridized carbons (Fsp3) is 0.560. The third-order valence-corrected chi connectivity index (χ3v) is 7.52. The van der Waals surface area contributed by atoms with Gasteiger partial charge in [-0.2, -0.15) is 4.57 Å². The van der Waals surface area contributed by atoms with Gasteiger partial charge in [-0.1, -0.05) is 55.4 Å². The summed E-state index contributed by atoms with van der Waals surface area (Å²) in [4.78, 5) is 18.6. The lowest BCUT2D eigenvalue weighted by atomic mass is 9.82. The predicted molar refractivity (Wildman–Crippen MR) is 117 cm³/mol. The van der Waals surface area contributed by atoms with Crippen LogP contribution in [0.4, 0.5) is 0 Å². The van der Waals surface area contributed by atoms with Crippen LogP contribution >= 0.6 is 0 Å². The smallest absolute Gasteiger partial charge is 0.252 e. The molecule has 2 atom stereocenters. The van der Waals surface area contributed by atoms with Crippen molar-refractivity contribution in [2.45, 2.75) is 90.0 Å². The van der Waals surface area contributed by atoms with Crippen molar-refractivity contribution in [1.82, 2.24) is 9.55 Å². The second-order valence-corrected chi connectivity index (χ2v) is 11.4. The second-order valence-electron chi connectivity index (χ2n) is 11.4. The molecule has 3 aromatic heterocycles. The average Bonchev–Trinajstić information content (AvgIpc) is 3.26. The van der Waals surface area contributed by atoms with Gasteiger partial charge in [0.15, 0.2) is 0 Å². The van der Waals surface area contributed by atoms with Crippen molar-refractivity contribution in [3.8, 4) is 0 Å². The third kappa shape index (κ3) is 2.13. The van der Waals surface area contributed by atoms with E-state index < -0.39 is 0 Å². The van der Waals surface area contributed by atoms with E-state index in [4.69, 9.17) is 4.98 Å². The number of nitrogens with zero attached hydrogens (tertiary/aromatic N) is 3. The van der Waals surface area contributed by atoms with Crippen LogP contribution in [0.25, 0.3) is 16.6 Å². The zero-order chi connectivity index (χ0) is 21.1.